The van der Waals surface area contributed by atoms with E-state index in [4.69, 9.17) is 5.73 Å². The number of imidazole rings is 1. The average molecular weight is 439 g/mol. The zero-order valence-electron chi connectivity index (χ0n) is 16.6. The molecule has 0 aliphatic rings. The number of aromatic nitrogens is 4. The summed E-state index contributed by atoms with van der Waals surface area (Å²) in [6, 6.07) is 8.30. The van der Waals surface area contributed by atoms with Gasteiger partial charge in [0.2, 0.25) is 17.5 Å². The predicted molar refractivity (Wildman–Crippen MR) is 111 cm³/mol. The number of pyridine rings is 1. The molecule has 0 saturated heterocycles. The number of nitrogens with one attached hydrogen (secondary N) is 1. The maximum Gasteiger partial charge on any atom is 0.449 e. The third kappa shape index (κ3) is 3.89. The summed E-state index contributed by atoms with van der Waals surface area (Å²) < 4.78 is 39.6. The van der Waals surface area contributed by atoms with Gasteiger partial charge in [-0.05, 0) is 17.7 Å². The molecule has 3 heterocycles. The van der Waals surface area contributed by atoms with Crippen molar-refractivity contribution < 1.29 is 22.8 Å². The van der Waals surface area contributed by atoms with Crippen LogP contribution in [0.25, 0.3) is 28.2 Å². The predicted octanol–water partition coefficient (Wildman–Crippen LogP) is 3.71. The Morgan fingerprint density at radius 3 is 2.44 bits per heavy atom. The van der Waals surface area contributed by atoms with Crippen molar-refractivity contribution in [3.8, 4) is 11.1 Å². The number of H-pyrrole nitrogens is 1. The summed E-state index contributed by atoms with van der Waals surface area (Å²) >= 11 is 0. The number of carbonyl (C=O) groups is 2. The minimum atomic E-state index is -4.65. The molecular formula is C22H16F3N5O2. The van der Waals surface area contributed by atoms with Crippen LogP contribution in [0, 0.1) is 0 Å². The van der Waals surface area contributed by atoms with E-state index in [0.29, 0.717) is 5.65 Å². The Bertz CT molecular complexity index is 1360. The molecule has 0 spiro atoms. The molecule has 4 aromatic rings. The van der Waals surface area contributed by atoms with Gasteiger partial charge in [-0.3, -0.25) is 9.59 Å². The van der Waals surface area contributed by atoms with Crippen molar-refractivity contribution in [3.05, 3.63) is 77.6 Å². The summed E-state index contributed by atoms with van der Waals surface area (Å²) in [6.45, 7) is 0. The molecule has 4 rings (SSSR count). The highest BCUT2D eigenvalue weighted by molar-refractivity contribution is 6.08. The van der Waals surface area contributed by atoms with Gasteiger partial charge in [0, 0.05) is 47.6 Å². The lowest BCUT2D eigenvalue weighted by atomic mass is 10.0. The number of primary amides is 1. The van der Waals surface area contributed by atoms with Crippen LogP contribution in [0.1, 0.15) is 27.4 Å². The number of aromatic amines is 1. The van der Waals surface area contributed by atoms with E-state index < -0.39 is 23.7 Å². The van der Waals surface area contributed by atoms with E-state index in [9.17, 15) is 22.8 Å². The normalized spacial score (nSPS) is 12.0. The summed E-state index contributed by atoms with van der Waals surface area (Å²) in [4.78, 5) is 34.4. The fraction of sp³-hybridized carbons (Fsp3) is 0.0909. The number of nitrogens with two attached hydrogens (primary N) is 1. The van der Waals surface area contributed by atoms with E-state index in [1.807, 2.05) is 6.07 Å². The molecule has 1 amide bonds. The second-order valence-electron chi connectivity index (χ2n) is 7.03. The van der Waals surface area contributed by atoms with Gasteiger partial charge in [-0.15, -0.1) is 0 Å². The van der Waals surface area contributed by atoms with Gasteiger partial charge < -0.3 is 15.3 Å². The van der Waals surface area contributed by atoms with Gasteiger partial charge in [0.25, 0.3) is 0 Å². The summed E-state index contributed by atoms with van der Waals surface area (Å²) in [7, 11) is 1.15. The lowest BCUT2D eigenvalue weighted by Gasteiger charge is -2.08. The zero-order valence-corrected chi connectivity index (χ0v) is 16.6. The van der Waals surface area contributed by atoms with Crippen LogP contribution in [0.4, 0.5) is 13.2 Å². The topological polar surface area (TPSA) is 107 Å². The minimum Gasteiger partial charge on any atom is -0.366 e. The molecule has 10 heteroatoms. The highest BCUT2D eigenvalue weighted by Gasteiger charge is 2.37. The van der Waals surface area contributed by atoms with Crippen molar-refractivity contribution in [1.29, 1.82) is 0 Å². The highest BCUT2D eigenvalue weighted by atomic mass is 19.4. The highest BCUT2D eigenvalue weighted by Crippen LogP contribution is 2.29. The fourth-order valence-corrected chi connectivity index (χ4v) is 3.34. The number of ketones is 1. The molecular weight excluding hydrogens is 423 g/mol. The molecule has 1 aromatic carbocycles. The van der Waals surface area contributed by atoms with Crippen molar-refractivity contribution in [3.63, 3.8) is 0 Å². The number of amides is 1. The Morgan fingerprint density at radius 1 is 1.09 bits per heavy atom. The van der Waals surface area contributed by atoms with E-state index in [0.717, 1.165) is 39.9 Å². The maximum absolute atomic E-state index is 12.9. The Balaban J connectivity index is 1.63. The monoisotopic (exact) mass is 439 g/mol. The summed E-state index contributed by atoms with van der Waals surface area (Å²) in [5.41, 5.74) is 8.08. The number of carbonyl (C=O) groups excluding carboxylic acids is 2. The van der Waals surface area contributed by atoms with Crippen LogP contribution in [-0.4, -0.2) is 31.2 Å². The SMILES string of the molecule is Cn1c(C(=O)c2ccc(-c3cnc4[nH]cc(C=CC(N)=O)c4c3)cc2)cnc1C(F)(F)F. The van der Waals surface area contributed by atoms with E-state index in [-0.39, 0.29) is 11.3 Å². The molecule has 32 heavy (non-hydrogen) atoms. The van der Waals surface area contributed by atoms with E-state index in [2.05, 4.69) is 15.0 Å². The largest absolute Gasteiger partial charge is 0.449 e. The third-order valence-corrected chi connectivity index (χ3v) is 4.95. The molecule has 0 atom stereocenters. The van der Waals surface area contributed by atoms with Crippen molar-refractivity contribution >= 4 is 28.8 Å². The maximum atomic E-state index is 12.9. The molecule has 162 valence electrons. The number of benzene rings is 1. The number of halogens is 3. The first-order chi connectivity index (χ1) is 15.1. The smallest absolute Gasteiger partial charge is 0.366 e. The first kappa shape index (κ1) is 21.0. The Kier molecular flexibility index (Phi) is 5.13. The van der Waals surface area contributed by atoms with Gasteiger partial charge >= 0.3 is 6.18 Å². The number of alkyl halides is 3. The van der Waals surface area contributed by atoms with Gasteiger partial charge in [0.15, 0.2) is 0 Å². The molecule has 0 saturated carbocycles. The molecule has 0 fully saturated rings. The molecule has 0 aliphatic heterocycles. The number of hydrogen-bond donors (Lipinski definition) is 2. The number of fused-ring (bicyclic) bond motifs is 1. The molecule has 7 nitrogen and oxygen atoms in total. The van der Waals surface area contributed by atoms with Crippen LogP contribution in [0.15, 0.2) is 55.0 Å². The Hall–Kier alpha value is -4.21. The van der Waals surface area contributed by atoms with Gasteiger partial charge in [0.05, 0.1) is 6.20 Å². The van der Waals surface area contributed by atoms with Gasteiger partial charge in [-0.2, -0.15) is 13.2 Å². The lowest BCUT2D eigenvalue weighted by molar-refractivity contribution is -0.146. The van der Waals surface area contributed by atoms with Gasteiger partial charge in [0.1, 0.15) is 11.3 Å². The van der Waals surface area contributed by atoms with Crippen molar-refractivity contribution in [2.45, 2.75) is 6.18 Å². The summed E-state index contributed by atoms with van der Waals surface area (Å²) in [6.07, 6.45) is 2.45. The Labute approximate surface area is 179 Å². The number of nitrogens with zero attached hydrogens (tertiary/aromatic N) is 3. The minimum absolute atomic E-state index is 0.161. The summed E-state index contributed by atoms with van der Waals surface area (Å²) in [5.74, 6) is -2.27. The quantitative estimate of drug-likeness (QED) is 0.365. The second-order valence-corrected chi connectivity index (χ2v) is 7.03. The molecule has 0 bridgehead atoms. The van der Waals surface area contributed by atoms with Crippen LogP contribution in [0.5, 0.6) is 0 Å². The number of hydrogen-bond acceptors (Lipinski definition) is 4. The van der Waals surface area contributed by atoms with E-state index in [1.165, 1.54) is 18.2 Å². The molecule has 3 aromatic heterocycles. The Morgan fingerprint density at radius 2 is 1.81 bits per heavy atom. The van der Waals surface area contributed by atoms with Crippen LogP contribution < -0.4 is 5.73 Å². The first-order valence-corrected chi connectivity index (χ1v) is 9.34. The van der Waals surface area contributed by atoms with Crippen molar-refractivity contribution in [2.75, 3.05) is 0 Å². The first-order valence-electron chi connectivity index (χ1n) is 9.34. The van der Waals surface area contributed by atoms with Gasteiger partial charge in [-0.1, -0.05) is 24.3 Å². The summed E-state index contributed by atoms with van der Waals surface area (Å²) in [5, 5.41) is 0.773. The molecule has 0 radical (unpaired) electrons. The standard InChI is InChI=1S/C22H16F3N5O2/c1-30-17(11-29-21(30)22(23,24)25)19(32)13-4-2-12(3-5-13)15-8-16-14(6-7-18(26)31)9-27-20(16)28-10-15/h2-11H,1H3,(H2,26,31)(H,27,28). The number of rotatable bonds is 5. The fourth-order valence-electron chi connectivity index (χ4n) is 3.34. The lowest BCUT2D eigenvalue weighted by Crippen LogP contribution is -2.16. The molecule has 0 aliphatic carbocycles. The molecule has 3 N–H and O–H groups in total. The molecule has 0 unspecified atom stereocenters. The third-order valence-electron chi connectivity index (χ3n) is 4.95. The second kappa shape index (κ2) is 7.80. The average Bonchev–Trinajstić information content (AvgIpc) is 3.34. The van der Waals surface area contributed by atoms with Crippen LogP contribution in [0.2, 0.25) is 0 Å². The zero-order chi connectivity index (χ0) is 23.0. The van der Waals surface area contributed by atoms with Crippen molar-refractivity contribution in [1.82, 2.24) is 19.5 Å². The van der Waals surface area contributed by atoms with Crippen molar-refractivity contribution in [2.24, 2.45) is 12.8 Å². The van der Waals surface area contributed by atoms with Crippen LogP contribution in [-0.2, 0) is 18.0 Å². The van der Waals surface area contributed by atoms with Crippen LogP contribution >= 0.6 is 0 Å². The van der Waals surface area contributed by atoms with E-state index in [1.54, 1.807) is 30.6 Å². The van der Waals surface area contributed by atoms with Gasteiger partial charge in [-0.25, -0.2) is 9.97 Å². The van der Waals surface area contributed by atoms with E-state index >= 15 is 0 Å². The van der Waals surface area contributed by atoms with Crippen LogP contribution in [0.3, 0.4) is 0 Å².